The van der Waals surface area contributed by atoms with Gasteiger partial charge in [-0.15, -0.1) is 0 Å². The average Bonchev–Trinajstić information content (AvgIpc) is 3.46. The van der Waals surface area contributed by atoms with Crippen LogP contribution in [0.2, 0.25) is 0 Å². The minimum atomic E-state index is -0.894. The molecule has 0 bridgehead atoms. The predicted octanol–water partition coefficient (Wildman–Crippen LogP) is 13.1. The fraction of sp³-hybridized carbons (Fsp3) is 0.524. The molecule has 0 aliphatic rings. The van der Waals surface area contributed by atoms with Crippen LogP contribution in [0.15, 0.2) is 92.5 Å². The fourth-order valence-corrected chi connectivity index (χ4v) is 8.19. The molecule has 78 heavy (non-hydrogen) atoms. The van der Waals surface area contributed by atoms with E-state index in [0.717, 1.165) is 133 Å². The zero-order valence-corrected chi connectivity index (χ0v) is 46.8. The summed E-state index contributed by atoms with van der Waals surface area (Å²) in [5.41, 5.74) is 2.96. The van der Waals surface area contributed by atoms with E-state index < -0.39 is 30.0 Å². The first-order valence-corrected chi connectivity index (χ1v) is 27.9. The molecular weight excluding hydrogens is 997 g/mol. The Morgan fingerprint density at radius 3 is 0.859 bits per heavy atom. The standard InChI is InChI=1S/C63H86O15/c1-48(61(67)70-4)51-31-37-54(38-32-51)73-43-25-19-13-7-10-16-22-28-58(64)76-46-57(78-60(66)30-24-18-12-9-15-21-27-45-75-56-41-35-53(36-42-56)50(3)63(69)72-6)47-77-59(65)29-23-17-11-8-14-20-26-44-74-55-39-33-52(34-40-55)49(2)62(68)71-5/h31-42,57H,1-3,7-30,43-47H2,4-6H3. The second-order valence-corrected chi connectivity index (χ2v) is 19.2. The third-order valence-corrected chi connectivity index (χ3v) is 12.9. The van der Waals surface area contributed by atoms with Crippen LogP contribution < -0.4 is 14.2 Å². The van der Waals surface area contributed by atoms with Crippen molar-refractivity contribution in [2.75, 3.05) is 54.4 Å². The summed E-state index contributed by atoms with van der Waals surface area (Å²) in [5, 5.41) is 0. The van der Waals surface area contributed by atoms with E-state index in [9.17, 15) is 28.8 Å². The van der Waals surface area contributed by atoms with Crippen LogP contribution >= 0.6 is 0 Å². The van der Waals surface area contributed by atoms with Gasteiger partial charge in [-0.25, -0.2) is 14.4 Å². The first-order valence-electron chi connectivity index (χ1n) is 27.9. The molecule has 0 radical (unpaired) electrons. The van der Waals surface area contributed by atoms with Gasteiger partial charge in [-0.1, -0.05) is 152 Å². The van der Waals surface area contributed by atoms with Crippen LogP contribution in [0.4, 0.5) is 0 Å². The molecule has 0 N–H and O–H groups in total. The van der Waals surface area contributed by atoms with E-state index in [-0.39, 0.29) is 44.4 Å². The van der Waals surface area contributed by atoms with Crippen molar-refractivity contribution in [3.8, 4) is 17.2 Å². The summed E-state index contributed by atoms with van der Waals surface area (Å²) >= 11 is 0. The Balaban J connectivity index is 1.28. The van der Waals surface area contributed by atoms with Crippen LogP contribution in [-0.2, 0) is 57.2 Å². The first kappa shape index (κ1) is 65.4. The van der Waals surface area contributed by atoms with Gasteiger partial charge in [0.15, 0.2) is 6.10 Å². The van der Waals surface area contributed by atoms with E-state index in [0.29, 0.717) is 72.5 Å². The Kier molecular flexibility index (Phi) is 33.8. The zero-order chi connectivity index (χ0) is 56.6. The third-order valence-electron chi connectivity index (χ3n) is 12.9. The lowest BCUT2D eigenvalue weighted by Gasteiger charge is -2.18. The third kappa shape index (κ3) is 28.5. The van der Waals surface area contributed by atoms with E-state index >= 15 is 0 Å². The lowest BCUT2D eigenvalue weighted by atomic mass is 10.1. The summed E-state index contributed by atoms with van der Waals surface area (Å²) in [6.07, 6.45) is 19.5. The Labute approximate surface area is 463 Å². The molecule has 3 aromatic carbocycles. The summed E-state index contributed by atoms with van der Waals surface area (Å²) in [6.45, 7) is 12.7. The summed E-state index contributed by atoms with van der Waals surface area (Å²) in [5.74, 6) is -0.386. The van der Waals surface area contributed by atoms with Crippen LogP contribution in [-0.4, -0.2) is 96.3 Å². The van der Waals surface area contributed by atoms with Crippen LogP contribution in [0.1, 0.15) is 171 Å². The fourth-order valence-electron chi connectivity index (χ4n) is 8.19. The highest BCUT2D eigenvalue weighted by molar-refractivity contribution is 6.16. The van der Waals surface area contributed by atoms with E-state index in [1.54, 1.807) is 36.4 Å². The van der Waals surface area contributed by atoms with Crippen LogP contribution in [0.3, 0.4) is 0 Å². The minimum Gasteiger partial charge on any atom is -0.494 e. The maximum absolute atomic E-state index is 12.9. The molecule has 0 aromatic heterocycles. The molecule has 0 fully saturated rings. The molecule has 15 nitrogen and oxygen atoms in total. The molecule has 3 aromatic rings. The second kappa shape index (κ2) is 40.3. The maximum Gasteiger partial charge on any atom is 0.337 e. The van der Waals surface area contributed by atoms with Crippen LogP contribution in [0.25, 0.3) is 16.7 Å². The highest BCUT2D eigenvalue weighted by Crippen LogP contribution is 2.23. The smallest absolute Gasteiger partial charge is 0.337 e. The molecule has 0 heterocycles. The Bertz CT molecular complexity index is 2160. The topological polar surface area (TPSA) is 185 Å². The van der Waals surface area contributed by atoms with E-state index in [2.05, 4.69) is 19.7 Å². The summed E-state index contributed by atoms with van der Waals surface area (Å²) in [6, 6.07) is 21.6. The highest BCUT2D eigenvalue weighted by Gasteiger charge is 2.20. The van der Waals surface area contributed by atoms with E-state index in [4.69, 9.17) is 42.6 Å². The van der Waals surface area contributed by atoms with E-state index in [1.165, 1.54) is 21.3 Å². The van der Waals surface area contributed by atoms with Crippen molar-refractivity contribution >= 4 is 52.5 Å². The van der Waals surface area contributed by atoms with Gasteiger partial charge in [0.2, 0.25) is 0 Å². The maximum atomic E-state index is 12.9. The quantitative estimate of drug-likeness (QED) is 0.0225. The summed E-state index contributed by atoms with van der Waals surface area (Å²) < 4.78 is 48.5. The molecule has 0 spiro atoms. The molecule has 0 atom stereocenters. The number of carbonyl (C=O) groups is 6. The molecule has 0 unspecified atom stereocenters. The van der Waals surface area contributed by atoms with Crippen molar-refractivity contribution < 1.29 is 71.4 Å². The lowest BCUT2D eigenvalue weighted by Crippen LogP contribution is -2.30. The zero-order valence-electron chi connectivity index (χ0n) is 46.8. The van der Waals surface area contributed by atoms with Gasteiger partial charge in [0.05, 0.1) is 57.9 Å². The predicted molar refractivity (Wildman–Crippen MR) is 302 cm³/mol. The molecule has 3 rings (SSSR count). The molecular formula is C63H86O15. The van der Waals surface area contributed by atoms with Crippen molar-refractivity contribution in [3.05, 3.63) is 109 Å². The summed E-state index contributed by atoms with van der Waals surface area (Å²) in [4.78, 5) is 73.5. The normalized spacial score (nSPS) is 10.8. The van der Waals surface area contributed by atoms with Gasteiger partial charge in [0, 0.05) is 19.3 Å². The monoisotopic (exact) mass is 1080 g/mol. The minimum absolute atomic E-state index is 0.183. The van der Waals surface area contributed by atoms with Crippen LogP contribution in [0.5, 0.6) is 17.2 Å². The van der Waals surface area contributed by atoms with Gasteiger partial charge in [0.1, 0.15) is 30.5 Å². The second-order valence-electron chi connectivity index (χ2n) is 19.2. The average molecular weight is 1080 g/mol. The number of hydrogen-bond donors (Lipinski definition) is 0. The summed E-state index contributed by atoms with van der Waals surface area (Å²) in [7, 11) is 3.98. The molecule has 0 amide bonds. The number of carbonyl (C=O) groups excluding carboxylic acids is 6. The number of methoxy groups -OCH3 is 3. The largest absolute Gasteiger partial charge is 0.494 e. The van der Waals surface area contributed by atoms with Crippen molar-refractivity contribution in [1.29, 1.82) is 0 Å². The number of ether oxygens (including phenoxy) is 9. The number of benzene rings is 3. The van der Waals surface area contributed by atoms with Crippen molar-refractivity contribution in [2.24, 2.45) is 0 Å². The van der Waals surface area contributed by atoms with Gasteiger partial charge in [0.25, 0.3) is 0 Å². The number of hydrogen-bond acceptors (Lipinski definition) is 15. The molecule has 0 saturated carbocycles. The van der Waals surface area contributed by atoms with Gasteiger partial charge in [-0.2, -0.15) is 0 Å². The number of esters is 6. The van der Waals surface area contributed by atoms with Gasteiger partial charge in [-0.3, -0.25) is 14.4 Å². The Morgan fingerprint density at radius 1 is 0.346 bits per heavy atom. The molecule has 428 valence electrons. The van der Waals surface area contributed by atoms with Crippen molar-refractivity contribution in [3.63, 3.8) is 0 Å². The molecule has 15 heteroatoms. The van der Waals surface area contributed by atoms with Gasteiger partial charge >= 0.3 is 35.8 Å². The first-order chi connectivity index (χ1) is 37.8. The van der Waals surface area contributed by atoms with Gasteiger partial charge < -0.3 is 42.6 Å². The highest BCUT2D eigenvalue weighted by atomic mass is 16.6. The molecule has 0 saturated heterocycles. The number of unbranched alkanes of at least 4 members (excludes halogenated alkanes) is 18. The van der Waals surface area contributed by atoms with Crippen molar-refractivity contribution in [2.45, 2.75) is 160 Å². The lowest BCUT2D eigenvalue weighted by molar-refractivity contribution is -0.167. The van der Waals surface area contributed by atoms with Gasteiger partial charge in [-0.05, 0) is 91.6 Å². The Morgan fingerprint density at radius 2 is 0.590 bits per heavy atom. The molecule has 0 aliphatic carbocycles. The van der Waals surface area contributed by atoms with Crippen molar-refractivity contribution in [1.82, 2.24) is 0 Å². The SMILES string of the molecule is C=C(C(=O)OC)c1ccc(OCCCCCCCCCC(=O)OCC(COC(=O)CCCCCCCCCOc2ccc(C(=C)C(=O)OC)cc2)OC(=O)CCCCCCCCCOc2ccc(C(=C)C(=O)OC)cc2)cc1. The Hall–Kier alpha value is -6.90. The molecule has 0 aliphatic heterocycles. The van der Waals surface area contributed by atoms with E-state index in [1.807, 2.05) is 36.4 Å². The van der Waals surface area contributed by atoms with Crippen LogP contribution in [0, 0.1) is 0 Å². The number of rotatable bonds is 44.